The molecule has 0 bridgehead atoms. The van der Waals surface area contributed by atoms with Gasteiger partial charge in [-0.2, -0.15) is 0 Å². The summed E-state index contributed by atoms with van der Waals surface area (Å²) in [6.45, 7) is 4.17. The van der Waals surface area contributed by atoms with Gasteiger partial charge in [-0.25, -0.2) is 0 Å². The SMILES string of the molecule is CNCCC(O)C1C[C@H](C)CN1. The second-order valence-electron chi connectivity index (χ2n) is 3.82. The van der Waals surface area contributed by atoms with Crippen LogP contribution in [0.25, 0.3) is 0 Å². The van der Waals surface area contributed by atoms with Gasteiger partial charge in [-0.1, -0.05) is 6.92 Å². The largest absolute Gasteiger partial charge is 0.391 e. The normalized spacial score (nSPS) is 32.2. The van der Waals surface area contributed by atoms with E-state index in [1.165, 1.54) is 0 Å². The van der Waals surface area contributed by atoms with Crippen LogP contribution in [0.1, 0.15) is 19.8 Å². The molecule has 3 heteroatoms. The maximum Gasteiger partial charge on any atom is 0.0705 e. The highest BCUT2D eigenvalue weighted by Gasteiger charge is 2.26. The zero-order chi connectivity index (χ0) is 8.97. The van der Waals surface area contributed by atoms with Crippen molar-refractivity contribution in [2.45, 2.75) is 31.9 Å². The van der Waals surface area contributed by atoms with Gasteiger partial charge in [0.25, 0.3) is 0 Å². The van der Waals surface area contributed by atoms with Crippen LogP contribution in [0.3, 0.4) is 0 Å². The van der Waals surface area contributed by atoms with E-state index in [-0.39, 0.29) is 6.10 Å². The lowest BCUT2D eigenvalue weighted by Crippen LogP contribution is -2.36. The molecular weight excluding hydrogens is 152 g/mol. The molecule has 1 heterocycles. The van der Waals surface area contributed by atoms with E-state index in [1.807, 2.05) is 7.05 Å². The summed E-state index contributed by atoms with van der Waals surface area (Å²) in [4.78, 5) is 0. The van der Waals surface area contributed by atoms with E-state index >= 15 is 0 Å². The molecule has 1 aliphatic rings. The fraction of sp³-hybridized carbons (Fsp3) is 1.00. The molecule has 0 aliphatic carbocycles. The molecule has 0 amide bonds. The molecule has 0 aromatic rings. The lowest BCUT2D eigenvalue weighted by atomic mass is 10.0. The first kappa shape index (κ1) is 9.96. The molecule has 2 unspecified atom stereocenters. The van der Waals surface area contributed by atoms with Crippen molar-refractivity contribution in [1.29, 1.82) is 0 Å². The molecule has 0 spiro atoms. The van der Waals surface area contributed by atoms with Crippen molar-refractivity contribution in [2.75, 3.05) is 20.1 Å². The van der Waals surface area contributed by atoms with Crippen LogP contribution in [0.4, 0.5) is 0 Å². The zero-order valence-corrected chi connectivity index (χ0v) is 8.01. The molecule has 0 radical (unpaired) electrons. The summed E-state index contributed by atoms with van der Waals surface area (Å²) in [7, 11) is 1.91. The number of hydrogen-bond acceptors (Lipinski definition) is 3. The first-order valence-electron chi connectivity index (χ1n) is 4.80. The maximum atomic E-state index is 9.70. The Kier molecular flexibility index (Phi) is 3.98. The topological polar surface area (TPSA) is 44.3 Å². The van der Waals surface area contributed by atoms with Crippen molar-refractivity contribution in [3.05, 3.63) is 0 Å². The minimum atomic E-state index is -0.178. The zero-order valence-electron chi connectivity index (χ0n) is 8.01. The molecular formula is C9H20N2O. The number of nitrogens with one attached hydrogen (secondary N) is 2. The highest BCUT2D eigenvalue weighted by Crippen LogP contribution is 2.16. The van der Waals surface area contributed by atoms with Crippen molar-refractivity contribution in [3.63, 3.8) is 0 Å². The molecule has 12 heavy (non-hydrogen) atoms. The quantitative estimate of drug-likeness (QED) is 0.557. The minimum absolute atomic E-state index is 0.178. The van der Waals surface area contributed by atoms with E-state index in [1.54, 1.807) is 0 Å². The van der Waals surface area contributed by atoms with Gasteiger partial charge in [0.15, 0.2) is 0 Å². The lowest BCUT2D eigenvalue weighted by Gasteiger charge is -2.17. The van der Waals surface area contributed by atoms with Crippen LogP contribution in [0, 0.1) is 5.92 Å². The van der Waals surface area contributed by atoms with Crippen LogP contribution >= 0.6 is 0 Å². The van der Waals surface area contributed by atoms with E-state index in [0.29, 0.717) is 6.04 Å². The molecule has 72 valence electrons. The Morgan fingerprint density at radius 2 is 2.42 bits per heavy atom. The van der Waals surface area contributed by atoms with E-state index in [9.17, 15) is 5.11 Å². The van der Waals surface area contributed by atoms with Gasteiger partial charge in [-0.05, 0) is 38.9 Å². The summed E-state index contributed by atoms with van der Waals surface area (Å²) < 4.78 is 0. The molecule has 1 saturated heterocycles. The highest BCUT2D eigenvalue weighted by atomic mass is 16.3. The molecule has 0 aromatic heterocycles. The number of hydrogen-bond donors (Lipinski definition) is 3. The molecule has 3 nitrogen and oxygen atoms in total. The summed E-state index contributed by atoms with van der Waals surface area (Å²) in [6.07, 6.45) is 1.79. The van der Waals surface area contributed by atoms with E-state index < -0.39 is 0 Å². The van der Waals surface area contributed by atoms with Crippen molar-refractivity contribution in [3.8, 4) is 0 Å². The summed E-state index contributed by atoms with van der Waals surface area (Å²) in [5, 5.41) is 16.1. The lowest BCUT2D eigenvalue weighted by molar-refractivity contribution is 0.126. The highest BCUT2D eigenvalue weighted by molar-refractivity contribution is 4.84. The first-order valence-corrected chi connectivity index (χ1v) is 4.80. The van der Waals surface area contributed by atoms with E-state index in [4.69, 9.17) is 0 Å². The second kappa shape index (κ2) is 4.80. The third kappa shape index (κ3) is 2.73. The van der Waals surface area contributed by atoms with Crippen LogP contribution in [0.15, 0.2) is 0 Å². The Balaban J connectivity index is 2.18. The average Bonchev–Trinajstić information content (AvgIpc) is 2.47. The number of rotatable bonds is 4. The summed E-state index contributed by atoms with van der Waals surface area (Å²) in [5.74, 6) is 0.722. The maximum absolute atomic E-state index is 9.70. The van der Waals surface area contributed by atoms with Crippen LogP contribution in [0.2, 0.25) is 0 Å². The monoisotopic (exact) mass is 172 g/mol. The Hall–Kier alpha value is -0.120. The molecule has 3 N–H and O–H groups in total. The van der Waals surface area contributed by atoms with Gasteiger partial charge in [0.05, 0.1) is 6.10 Å². The number of aliphatic hydroxyl groups is 1. The molecule has 0 aromatic carbocycles. The predicted molar refractivity (Wildman–Crippen MR) is 50.1 cm³/mol. The first-order chi connectivity index (χ1) is 5.74. The Morgan fingerprint density at radius 3 is 2.92 bits per heavy atom. The van der Waals surface area contributed by atoms with Crippen molar-refractivity contribution < 1.29 is 5.11 Å². The van der Waals surface area contributed by atoms with E-state index in [0.717, 1.165) is 31.8 Å². The van der Waals surface area contributed by atoms with Crippen molar-refractivity contribution in [1.82, 2.24) is 10.6 Å². The fourth-order valence-corrected chi connectivity index (χ4v) is 1.74. The van der Waals surface area contributed by atoms with Crippen LogP contribution < -0.4 is 10.6 Å². The Labute approximate surface area is 74.5 Å². The Morgan fingerprint density at radius 1 is 1.67 bits per heavy atom. The van der Waals surface area contributed by atoms with Gasteiger partial charge in [0, 0.05) is 6.04 Å². The van der Waals surface area contributed by atoms with Gasteiger partial charge in [0.2, 0.25) is 0 Å². The van der Waals surface area contributed by atoms with Gasteiger partial charge < -0.3 is 15.7 Å². The predicted octanol–water partition coefficient (Wildman–Crippen LogP) is -0.0452. The third-order valence-corrected chi connectivity index (χ3v) is 2.54. The second-order valence-corrected chi connectivity index (χ2v) is 3.82. The van der Waals surface area contributed by atoms with Gasteiger partial charge in [0.1, 0.15) is 0 Å². The smallest absolute Gasteiger partial charge is 0.0705 e. The summed E-state index contributed by atoms with van der Waals surface area (Å²) in [5.41, 5.74) is 0. The molecule has 3 atom stereocenters. The average molecular weight is 172 g/mol. The summed E-state index contributed by atoms with van der Waals surface area (Å²) in [6, 6.07) is 0.327. The molecule has 1 rings (SSSR count). The molecule has 0 saturated carbocycles. The number of aliphatic hydroxyl groups excluding tert-OH is 1. The standard InChI is InChI=1S/C9H20N2O/c1-7-5-8(11-6-7)9(12)3-4-10-2/h7-12H,3-6H2,1-2H3/t7-,8?,9?/m0/s1. The van der Waals surface area contributed by atoms with Crippen molar-refractivity contribution >= 4 is 0 Å². The van der Waals surface area contributed by atoms with Crippen LogP contribution in [0.5, 0.6) is 0 Å². The minimum Gasteiger partial charge on any atom is -0.391 e. The van der Waals surface area contributed by atoms with Gasteiger partial charge >= 0.3 is 0 Å². The van der Waals surface area contributed by atoms with Crippen LogP contribution in [-0.2, 0) is 0 Å². The third-order valence-electron chi connectivity index (χ3n) is 2.54. The van der Waals surface area contributed by atoms with Gasteiger partial charge in [-0.3, -0.25) is 0 Å². The molecule has 1 aliphatic heterocycles. The van der Waals surface area contributed by atoms with Crippen LogP contribution in [-0.4, -0.2) is 37.4 Å². The fourth-order valence-electron chi connectivity index (χ4n) is 1.74. The van der Waals surface area contributed by atoms with E-state index in [2.05, 4.69) is 17.6 Å². The van der Waals surface area contributed by atoms with Gasteiger partial charge in [-0.15, -0.1) is 0 Å². The Bertz CT molecular complexity index is 130. The summed E-state index contributed by atoms with van der Waals surface area (Å²) >= 11 is 0. The van der Waals surface area contributed by atoms with Crippen molar-refractivity contribution in [2.24, 2.45) is 5.92 Å². The molecule has 1 fully saturated rings.